The number of para-hydroxylation sites is 1. The number of hydrogen-bond donors (Lipinski definition) is 2. The van der Waals surface area contributed by atoms with Gasteiger partial charge in [-0.05, 0) is 37.6 Å². The largest absolute Gasteiger partial charge is 0.491 e. The van der Waals surface area contributed by atoms with Crippen LogP contribution in [0.15, 0.2) is 36.4 Å². The molecule has 1 atom stereocenters. The van der Waals surface area contributed by atoms with Crippen LogP contribution in [0.1, 0.15) is 40.1 Å². The highest BCUT2D eigenvalue weighted by molar-refractivity contribution is 5.95. The average Bonchev–Trinajstić information content (AvgIpc) is 2.67. The zero-order chi connectivity index (χ0) is 19.6. The second kappa shape index (κ2) is 7.30. The summed E-state index contributed by atoms with van der Waals surface area (Å²) in [6.07, 6.45) is 0. The number of methoxy groups -OCH3 is 1. The molecule has 0 aliphatic carbocycles. The number of ether oxygens (including phenoxy) is 1. The topological polar surface area (TPSA) is 108 Å². The van der Waals surface area contributed by atoms with E-state index >= 15 is 0 Å². The van der Waals surface area contributed by atoms with Gasteiger partial charge in [0.1, 0.15) is 6.07 Å². The maximum atomic E-state index is 12.0. The van der Waals surface area contributed by atoms with E-state index < -0.39 is 11.8 Å². The number of carbonyl (C=O) groups excluding carboxylic acids is 1. The van der Waals surface area contributed by atoms with Gasteiger partial charge in [-0.2, -0.15) is 5.26 Å². The van der Waals surface area contributed by atoms with Crippen molar-refractivity contribution in [3.05, 3.63) is 58.8 Å². The number of aryl methyl sites for hydroxylation is 1. The first-order chi connectivity index (χ1) is 12.9. The lowest BCUT2D eigenvalue weighted by Gasteiger charge is -2.19. The highest BCUT2D eigenvalue weighted by atomic mass is 16.5. The van der Waals surface area contributed by atoms with Crippen LogP contribution in [0.3, 0.4) is 0 Å². The number of rotatable bonds is 4. The van der Waals surface area contributed by atoms with E-state index in [9.17, 15) is 9.90 Å². The summed E-state index contributed by atoms with van der Waals surface area (Å²) in [5.41, 5.74) is 3.67. The summed E-state index contributed by atoms with van der Waals surface area (Å²) in [7, 11) is 1.34. The number of esters is 1. The Kier molecular flexibility index (Phi) is 4.90. The van der Waals surface area contributed by atoms with E-state index in [1.165, 1.54) is 7.11 Å². The Morgan fingerprint density at radius 3 is 2.74 bits per heavy atom. The number of nitrogens with one attached hydrogen (secondary N) is 1. The minimum atomic E-state index is -0.435. The molecule has 0 aliphatic rings. The number of nitriles is 1. The van der Waals surface area contributed by atoms with Crippen LogP contribution >= 0.6 is 0 Å². The van der Waals surface area contributed by atoms with Gasteiger partial charge in [-0.25, -0.2) is 14.8 Å². The van der Waals surface area contributed by atoms with Gasteiger partial charge < -0.3 is 15.2 Å². The molecule has 0 aliphatic heterocycles. The molecule has 2 N–H and O–H groups in total. The third kappa shape index (κ3) is 3.51. The van der Waals surface area contributed by atoms with Crippen LogP contribution in [0.2, 0.25) is 0 Å². The molecule has 0 amide bonds. The molecule has 3 rings (SSSR count). The molecule has 0 fully saturated rings. The van der Waals surface area contributed by atoms with Gasteiger partial charge in [-0.15, -0.1) is 0 Å². The van der Waals surface area contributed by atoms with E-state index in [0.717, 1.165) is 11.1 Å². The molecule has 7 heteroatoms. The quantitative estimate of drug-likeness (QED) is 0.684. The standard InChI is InChI=1S/C20H18N4O3/c1-11-8-14(18-16(9-11)23-17(10-21)19(25)24-18)12(2)22-15-7-5-4-6-13(15)20(26)27-3/h4-9,12,22H,1-3H3,(H,24,25)/t12-/m1/s1. The number of hydrogen-bond acceptors (Lipinski definition) is 7. The SMILES string of the molecule is COC(=O)c1ccccc1N[C@H](C)c1cc(C)cc2nc(C#N)c(O)nc12. The minimum absolute atomic E-state index is 0.115. The zero-order valence-corrected chi connectivity index (χ0v) is 15.1. The monoisotopic (exact) mass is 362 g/mol. The van der Waals surface area contributed by atoms with Crippen molar-refractivity contribution in [2.45, 2.75) is 19.9 Å². The van der Waals surface area contributed by atoms with Crippen molar-refractivity contribution in [3.63, 3.8) is 0 Å². The zero-order valence-electron chi connectivity index (χ0n) is 15.1. The molecule has 0 saturated carbocycles. The number of aromatic nitrogens is 2. The average molecular weight is 362 g/mol. The van der Waals surface area contributed by atoms with E-state index in [1.54, 1.807) is 24.3 Å². The molecule has 0 unspecified atom stereocenters. The number of benzene rings is 2. The molecule has 7 nitrogen and oxygen atoms in total. The minimum Gasteiger partial charge on any atom is -0.491 e. The Hall–Kier alpha value is -3.66. The van der Waals surface area contributed by atoms with Crippen LogP contribution in [-0.4, -0.2) is 28.2 Å². The van der Waals surface area contributed by atoms with Crippen LogP contribution in [0, 0.1) is 18.3 Å². The van der Waals surface area contributed by atoms with Crippen molar-refractivity contribution >= 4 is 22.7 Å². The molecule has 0 saturated heterocycles. The number of fused-ring (bicyclic) bond motifs is 1. The molecular formula is C20H18N4O3. The van der Waals surface area contributed by atoms with Gasteiger partial charge in [0.05, 0.1) is 29.7 Å². The fourth-order valence-corrected chi connectivity index (χ4v) is 2.94. The summed E-state index contributed by atoms with van der Waals surface area (Å²) in [6, 6.07) is 12.4. The molecule has 0 radical (unpaired) electrons. The smallest absolute Gasteiger partial charge is 0.339 e. The van der Waals surface area contributed by atoms with Gasteiger partial charge in [-0.1, -0.05) is 18.2 Å². The highest BCUT2D eigenvalue weighted by Gasteiger charge is 2.18. The lowest BCUT2D eigenvalue weighted by molar-refractivity contribution is 0.0602. The predicted octanol–water partition coefficient (Wildman–Crippen LogP) is 3.48. The lowest BCUT2D eigenvalue weighted by atomic mass is 10.0. The fraction of sp³-hybridized carbons (Fsp3) is 0.200. The van der Waals surface area contributed by atoms with Crippen LogP contribution in [0.25, 0.3) is 11.0 Å². The molecule has 136 valence electrons. The van der Waals surface area contributed by atoms with Crippen LogP contribution in [-0.2, 0) is 4.74 Å². The van der Waals surface area contributed by atoms with Crippen molar-refractivity contribution < 1.29 is 14.6 Å². The Morgan fingerprint density at radius 2 is 2.04 bits per heavy atom. The summed E-state index contributed by atoms with van der Waals surface area (Å²) in [4.78, 5) is 20.3. The van der Waals surface area contributed by atoms with Crippen molar-refractivity contribution in [1.82, 2.24) is 9.97 Å². The van der Waals surface area contributed by atoms with Gasteiger partial charge in [-0.3, -0.25) is 0 Å². The van der Waals surface area contributed by atoms with E-state index in [-0.39, 0.29) is 11.7 Å². The fourth-order valence-electron chi connectivity index (χ4n) is 2.94. The van der Waals surface area contributed by atoms with E-state index in [1.807, 2.05) is 32.0 Å². The second-order valence-corrected chi connectivity index (χ2v) is 6.13. The number of anilines is 1. The van der Waals surface area contributed by atoms with Gasteiger partial charge in [0, 0.05) is 11.3 Å². The van der Waals surface area contributed by atoms with Crippen molar-refractivity contribution in [3.8, 4) is 11.9 Å². The maximum Gasteiger partial charge on any atom is 0.339 e. The molecule has 0 bridgehead atoms. The van der Waals surface area contributed by atoms with Gasteiger partial charge in [0.2, 0.25) is 11.6 Å². The predicted molar refractivity (Wildman–Crippen MR) is 100 cm³/mol. The number of aromatic hydroxyl groups is 1. The van der Waals surface area contributed by atoms with Crippen LogP contribution in [0.4, 0.5) is 5.69 Å². The highest BCUT2D eigenvalue weighted by Crippen LogP contribution is 2.29. The van der Waals surface area contributed by atoms with E-state index in [2.05, 4.69) is 15.3 Å². The Morgan fingerprint density at radius 1 is 1.30 bits per heavy atom. The summed E-state index contributed by atoms with van der Waals surface area (Å²) >= 11 is 0. The van der Waals surface area contributed by atoms with Gasteiger partial charge in [0.25, 0.3) is 0 Å². The van der Waals surface area contributed by atoms with Crippen LogP contribution in [0.5, 0.6) is 5.88 Å². The Bertz CT molecular complexity index is 1070. The van der Waals surface area contributed by atoms with E-state index in [0.29, 0.717) is 22.3 Å². The Balaban J connectivity index is 2.07. The first-order valence-electron chi connectivity index (χ1n) is 8.29. The third-order valence-corrected chi connectivity index (χ3v) is 4.20. The lowest BCUT2D eigenvalue weighted by Crippen LogP contribution is -2.12. The Labute approximate surface area is 156 Å². The maximum absolute atomic E-state index is 12.0. The van der Waals surface area contributed by atoms with Gasteiger partial charge >= 0.3 is 5.97 Å². The van der Waals surface area contributed by atoms with Crippen molar-refractivity contribution in [1.29, 1.82) is 5.26 Å². The van der Waals surface area contributed by atoms with Crippen molar-refractivity contribution in [2.24, 2.45) is 0 Å². The number of carbonyl (C=O) groups is 1. The molecular weight excluding hydrogens is 344 g/mol. The summed E-state index contributed by atoms with van der Waals surface area (Å²) in [6.45, 7) is 3.83. The van der Waals surface area contributed by atoms with Gasteiger partial charge in [0.15, 0.2) is 0 Å². The van der Waals surface area contributed by atoms with Crippen LogP contribution < -0.4 is 5.32 Å². The normalized spacial score (nSPS) is 11.6. The molecule has 27 heavy (non-hydrogen) atoms. The molecule has 0 spiro atoms. The summed E-state index contributed by atoms with van der Waals surface area (Å²) in [5.74, 6) is -0.840. The molecule has 1 aromatic heterocycles. The molecule has 3 aromatic rings. The first kappa shape index (κ1) is 18.1. The number of nitrogens with zero attached hydrogens (tertiary/aromatic N) is 3. The first-order valence-corrected chi connectivity index (χ1v) is 8.29. The third-order valence-electron chi connectivity index (χ3n) is 4.20. The summed E-state index contributed by atoms with van der Waals surface area (Å²) in [5, 5.41) is 22.3. The van der Waals surface area contributed by atoms with Crippen molar-refractivity contribution in [2.75, 3.05) is 12.4 Å². The molecule has 2 aromatic carbocycles. The van der Waals surface area contributed by atoms with E-state index in [4.69, 9.17) is 10.00 Å². The molecule has 1 heterocycles. The summed E-state index contributed by atoms with van der Waals surface area (Å²) < 4.78 is 4.83. The second-order valence-electron chi connectivity index (χ2n) is 6.13.